The molecule has 4 aromatic rings. The van der Waals surface area contributed by atoms with Crippen LogP contribution in [0.15, 0.2) is 36.7 Å². The van der Waals surface area contributed by atoms with Gasteiger partial charge < -0.3 is 10.6 Å². The summed E-state index contributed by atoms with van der Waals surface area (Å²) in [7, 11) is 0. The van der Waals surface area contributed by atoms with E-state index >= 15 is 0 Å². The largest absolute Gasteiger partial charge is 0.344 e. The lowest BCUT2D eigenvalue weighted by molar-refractivity contribution is 0.554. The van der Waals surface area contributed by atoms with E-state index < -0.39 is 23.5 Å². The van der Waals surface area contributed by atoms with Crippen LogP contribution in [0.5, 0.6) is 0 Å². The van der Waals surface area contributed by atoms with Crippen molar-refractivity contribution in [2.24, 2.45) is 0 Å². The lowest BCUT2D eigenvalue weighted by atomic mass is 10.1. The predicted molar refractivity (Wildman–Crippen MR) is 115 cm³/mol. The Bertz CT molecular complexity index is 1230. The number of aromatic amines is 1. The standard InChI is InChI=1S/C20H17ClF3N9/c1-10(17-25-8-11(22)9-26-17)27-19-29-18(21)30-20(31-19)28-16-7-12(32-33-16)5-6-13-14(23)3-2-4-15(13)24/h2-4,7-10H,5-6H2,1H3,(H3,27,28,29,30,31,32,33)/t10-/m0/s1. The first kappa shape index (κ1) is 22.4. The van der Waals surface area contributed by atoms with Crippen molar-refractivity contribution in [2.75, 3.05) is 10.6 Å². The molecule has 0 aliphatic carbocycles. The Morgan fingerprint density at radius 3 is 2.42 bits per heavy atom. The molecular weight excluding hydrogens is 459 g/mol. The number of nitrogens with one attached hydrogen (secondary N) is 3. The summed E-state index contributed by atoms with van der Waals surface area (Å²) in [6, 6.07) is 4.98. The number of rotatable bonds is 8. The van der Waals surface area contributed by atoms with Gasteiger partial charge in [0.15, 0.2) is 5.82 Å². The highest BCUT2D eigenvalue weighted by Crippen LogP contribution is 2.19. The number of halogens is 4. The van der Waals surface area contributed by atoms with Gasteiger partial charge in [0.25, 0.3) is 0 Å². The van der Waals surface area contributed by atoms with Gasteiger partial charge in [0.05, 0.1) is 24.1 Å². The summed E-state index contributed by atoms with van der Waals surface area (Å²) in [6.45, 7) is 1.75. The molecule has 9 nitrogen and oxygen atoms in total. The Morgan fingerprint density at radius 1 is 1.00 bits per heavy atom. The van der Waals surface area contributed by atoms with Crippen molar-refractivity contribution in [3.05, 3.63) is 76.5 Å². The van der Waals surface area contributed by atoms with Crippen molar-refractivity contribution in [3.63, 3.8) is 0 Å². The van der Waals surface area contributed by atoms with E-state index in [1.807, 2.05) is 0 Å². The fraction of sp³-hybridized carbons (Fsp3) is 0.200. The molecule has 0 aliphatic heterocycles. The van der Waals surface area contributed by atoms with E-state index in [9.17, 15) is 13.2 Å². The molecule has 0 saturated heterocycles. The van der Waals surface area contributed by atoms with Crippen LogP contribution in [0.2, 0.25) is 5.28 Å². The van der Waals surface area contributed by atoms with Gasteiger partial charge in [-0.15, -0.1) is 0 Å². The smallest absolute Gasteiger partial charge is 0.234 e. The maximum atomic E-state index is 13.8. The van der Waals surface area contributed by atoms with E-state index in [1.165, 1.54) is 18.2 Å². The van der Waals surface area contributed by atoms with E-state index in [2.05, 4.69) is 45.8 Å². The first-order valence-corrected chi connectivity index (χ1v) is 10.1. The molecule has 0 unspecified atom stereocenters. The van der Waals surface area contributed by atoms with Crippen molar-refractivity contribution < 1.29 is 13.2 Å². The second-order valence-corrected chi connectivity index (χ2v) is 7.31. The van der Waals surface area contributed by atoms with Gasteiger partial charge >= 0.3 is 0 Å². The summed E-state index contributed by atoms with van der Waals surface area (Å²) in [6.07, 6.45) is 2.59. The molecule has 1 atom stereocenters. The third-order valence-corrected chi connectivity index (χ3v) is 4.72. The molecule has 13 heteroatoms. The molecule has 3 aromatic heterocycles. The van der Waals surface area contributed by atoms with Gasteiger partial charge in [-0.05, 0) is 43.5 Å². The molecule has 0 radical (unpaired) electrons. The maximum absolute atomic E-state index is 13.8. The van der Waals surface area contributed by atoms with Crippen LogP contribution in [0.3, 0.4) is 0 Å². The van der Waals surface area contributed by atoms with E-state index in [4.69, 9.17) is 11.6 Å². The number of aryl methyl sites for hydroxylation is 1. The van der Waals surface area contributed by atoms with Crippen LogP contribution in [0.4, 0.5) is 30.9 Å². The number of benzene rings is 1. The third-order valence-electron chi connectivity index (χ3n) is 4.55. The zero-order valence-corrected chi connectivity index (χ0v) is 17.9. The van der Waals surface area contributed by atoms with Crippen LogP contribution >= 0.6 is 11.6 Å². The Hall–Kier alpha value is -3.80. The topological polar surface area (TPSA) is 117 Å². The van der Waals surface area contributed by atoms with Crippen LogP contribution < -0.4 is 10.6 Å². The number of hydrogen-bond donors (Lipinski definition) is 3. The molecule has 0 aliphatic rings. The second kappa shape index (κ2) is 9.77. The summed E-state index contributed by atoms with van der Waals surface area (Å²) in [5.41, 5.74) is 0.593. The lowest BCUT2D eigenvalue weighted by Crippen LogP contribution is -2.14. The average molecular weight is 476 g/mol. The maximum Gasteiger partial charge on any atom is 0.234 e. The molecular formula is C20H17ClF3N9. The monoisotopic (exact) mass is 475 g/mol. The average Bonchev–Trinajstić information content (AvgIpc) is 3.20. The van der Waals surface area contributed by atoms with E-state index in [1.54, 1.807) is 13.0 Å². The van der Waals surface area contributed by atoms with Crippen molar-refractivity contribution in [3.8, 4) is 0 Å². The van der Waals surface area contributed by atoms with Gasteiger partial charge in [0.1, 0.15) is 23.3 Å². The summed E-state index contributed by atoms with van der Waals surface area (Å²) >= 11 is 6.00. The van der Waals surface area contributed by atoms with Crippen LogP contribution in [0, 0.1) is 17.5 Å². The summed E-state index contributed by atoms with van der Waals surface area (Å²) in [5.74, 6) is -0.673. The summed E-state index contributed by atoms with van der Waals surface area (Å²) < 4.78 is 40.6. The fourth-order valence-corrected chi connectivity index (χ4v) is 3.13. The summed E-state index contributed by atoms with van der Waals surface area (Å²) in [4.78, 5) is 20.1. The predicted octanol–water partition coefficient (Wildman–Crippen LogP) is 4.16. The molecule has 4 rings (SSSR count). The van der Waals surface area contributed by atoms with Crippen LogP contribution in [0.1, 0.15) is 30.0 Å². The Labute approximate surface area is 190 Å². The second-order valence-electron chi connectivity index (χ2n) is 6.98. The van der Waals surface area contributed by atoms with Crippen LogP contribution in [-0.4, -0.2) is 35.1 Å². The minimum atomic E-state index is -0.594. The van der Waals surface area contributed by atoms with Crippen molar-refractivity contribution in [1.82, 2.24) is 35.1 Å². The lowest BCUT2D eigenvalue weighted by Gasteiger charge is -2.13. The highest BCUT2D eigenvalue weighted by Gasteiger charge is 2.14. The number of anilines is 3. The van der Waals surface area contributed by atoms with E-state index in [0.29, 0.717) is 23.8 Å². The molecule has 0 bridgehead atoms. The SMILES string of the molecule is C[C@H](Nc1nc(Cl)nc(Nc2cc(CCc3c(F)cccc3F)n[nH]2)n1)c1ncc(F)cn1. The van der Waals surface area contributed by atoms with Gasteiger partial charge in [-0.2, -0.15) is 20.1 Å². The first-order chi connectivity index (χ1) is 15.9. The highest BCUT2D eigenvalue weighted by atomic mass is 35.5. The zero-order valence-electron chi connectivity index (χ0n) is 17.2. The molecule has 1 aromatic carbocycles. The molecule has 0 spiro atoms. The van der Waals surface area contributed by atoms with Crippen LogP contribution in [-0.2, 0) is 12.8 Å². The highest BCUT2D eigenvalue weighted by molar-refractivity contribution is 6.28. The fourth-order valence-electron chi connectivity index (χ4n) is 2.97. The molecule has 0 amide bonds. The molecule has 3 N–H and O–H groups in total. The molecule has 33 heavy (non-hydrogen) atoms. The summed E-state index contributed by atoms with van der Waals surface area (Å²) in [5, 5.41) is 12.7. The van der Waals surface area contributed by atoms with Gasteiger partial charge in [-0.25, -0.2) is 23.1 Å². The Kier molecular flexibility index (Phi) is 6.63. The molecule has 0 saturated carbocycles. The molecule has 170 valence electrons. The quantitative estimate of drug-likeness (QED) is 0.348. The Balaban J connectivity index is 1.41. The number of H-pyrrole nitrogens is 1. The van der Waals surface area contributed by atoms with Gasteiger partial charge in [-0.1, -0.05) is 6.07 Å². The minimum Gasteiger partial charge on any atom is -0.344 e. The minimum absolute atomic E-state index is 0.00854. The van der Waals surface area contributed by atoms with Gasteiger partial charge in [0, 0.05) is 11.6 Å². The normalized spacial score (nSPS) is 11.9. The Morgan fingerprint density at radius 2 is 1.70 bits per heavy atom. The van der Waals surface area contributed by atoms with Gasteiger partial charge in [-0.3, -0.25) is 5.10 Å². The third kappa shape index (κ3) is 5.71. The molecule has 3 heterocycles. The molecule has 0 fully saturated rings. The van der Waals surface area contributed by atoms with Crippen molar-refractivity contribution >= 4 is 29.3 Å². The van der Waals surface area contributed by atoms with Gasteiger partial charge in [0.2, 0.25) is 17.2 Å². The van der Waals surface area contributed by atoms with Crippen molar-refractivity contribution in [2.45, 2.75) is 25.8 Å². The number of nitrogens with zero attached hydrogens (tertiary/aromatic N) is 6. The number of aromatic nitrogens is 7. The zero-order chi connectivity index (χ0) is 23.4. The van der Waals surface area contributed by atoms with Crippen molar-refractivity contribution in [1.29, 1.82) is 0 Å². The van der Waals surface area contributed by atoms with E-state index in [-0.39, 0.29) is 29.2 Å². The first-order valence-electron chi connectivity index (χ1n) is 9.77. The number of hydrogen-bond acceptors (Lipinski definition) is 8. The van der Waals surface area contributed by atoms with Crippen LogP contribution in [0.25, 0.3) is 0 Å². The van der Waals surface area contributed by atoms with E-state index in [0.717, 1.165) is 12.4 Å².